The largest absolute Gasteiger partial charge is 0.508 e. The number of phenols is 1. The van der Waals surface area contributed by atoms with Gasteiger partial charge in [0.2, 0.25) is 0 Å². The molecule has 3 aliphatic rings. The topological polar surface area (TPSA) is 86.6 Å². The number of anilines is 1. The molecule has 3 aliphatic heterocycles. The van der Waals surface area contributed by atoms with Gasteiger partial charge in [-0.15, -0.1) is 0 Å². The van der Waals surface area contributed by atoms with Crippen LogP contribution in [0, 0.1) is 5.82 Å². The number of ether oxygens (including phenoxy) is 1. The van der Waals surface area contributed by atoms with E-state index in [0.29, 0.717) is 35.5 Å². The average molecular weight is 591 g/mol. The zero-order valence-corrected chi connectivity index (χ0v) is 24.5. The highest BCUT2D eigenvalue weighted by Crippen LogP contribution is 2.37. The highest BCUT2D eigenvalue weighted by molar-refractivity contribution is 5.99. The van der Waals surface area contributed by atoms with Gasteiger partial charge in [-0.25, -0.2) is 4.39 Å². The second kappa shape index (κ2) is 11.3. The number of aromatic nitrogens is 3. The van der Waals surface area contributed by atoms with Gasteiger partial charge in [-0.3, -0.25) is 9.88 Å². The summed E-state index contributed by atoms with van der Waals surface area (Å²) >= 11 is 0. The van der Waals surface area contributed by atoms with Crippen molar-refractivity contribution < 1.29 is 14.2 Å². The van der Waals surface area contributed by atoms with Crippen LogP contribution in [0.2, 0.25) is 0 Å². The molecule has 5 heterocycles. The molecule has 3 saturated heterocycles. The quantitative estimate of drug-likeness (QED) is 0.251. The molecular weight excluding hydrogens is 555 g/mol. The number of likely N-dealkylation sites (tertiary alicyclic amines) is 1. The maximum atomic E-state index is 16.6. The molecule has 224 valence electrons. The number of benzene rings is 3. The smallest absolute Gasteiger partial charge is 0.319 e. The highest BCUT2D eigenvalue weighted by Gasteiger charge is 2.34. The van der Waals surface area contributed by atoms with Gasteiger partial charge in [0.25, 0.3) is 0 Å². The van der Waals surface area contributed by atoms with Gasteiger partial charge in [0.1, 0.15) is 29.4 Å². The van der Waals surface area contributed by atoms with E-state index in [2.05, 4.69) is 49.4 Å². The minimum absolute atomic E-state index is 0.0558. The highest BCUT2D eigenvalue weighted by atomic mass is 19.1. The van der Waals surface area contributed by atoms with E-state index >= 15 is 4.39 Å². The molecule has 0 saturated carbocycles. The molecule has 0 spiro atoms. The van der Waals surface area contributed by atoms with Gasteiger partial charge in [0, 0.05) is 49.5 Å². The zero-order chi connectivity index (χ0) is 29.6. The van der Waals surface area contributed by atoms with Gasteiger partial charge in [0.15, 0.2) is 5.82 Å². The van der Waals surface area contributed by atoms with Crippen molar-refractivity contribution in [3.63, 3.8) is 0 Å². The molecule has 2 aromatic heterocycles. The maximum absolute atomic E-state index is 16.6. The van der Waals surface area contributed by atoms with E-state index in [1.807, 2.05) is 30.3 Å². The van der Waals surface area contributed by atoms with Crippen LogP contribution in [0.3, 0.4) is 0 Å². The fourth-order valence-corrected chi connectivity index (χ4v) is 7.26. The predicted molar refractivity (Wildman–Crippen MR) is 169 cm³/mol. The summed E-state index contributed by atoms with van der Waals surface area (Å²) in [6, 6.07) is 22.5. The van der Waals surface area contributed by atoms with Crippen LogP contribution in [0.4, 0.5) is 10.2 Å². The molecule has 0 aliphatic carbocycles. The van der Waals surface area contributed by atoms with E-state index in [0.717, 1.165) is 62.6 Å². The van der Waals surface area contributed by atoms with Crippen LogP contribution in [-0.2, 0) is 6.54 Å². The number of rotatable bonds is 7. The van der Waals surface area contributed by atoms with Crippen LogP contribution in [0.5, 0.6) is 11.8 Å². The molecule has 0 amide bonds. The predicted octanol–water partition coefficient (Wildman–Crippen LogP) is 5.67. The molecule has 8 nitrogen and oxygen atoms in total. The van der Waals surface area contributed by atoms with Crippen LogP contribution in [0.25, 0.3) is 32.9 Å². The molecule has 2 N–H and O–H groups in total. The first-order valence-corrected chi connectivity index (χ1v) is 15.6. The Kier molecular flexibility index (Phi) is 6.99. The average Bonchev–Trinajstić information content (AvgIpc) is 3.64. The van der Waals surface area contributed by atoms with Crippen molar-refractivity contribution in [2.45, 2.75) is 50.4 Å². The van der Waals surface area contributed by atoms with Gasteiger partial charge in [-0.1, -0.05) is 54.6 Å². The fraction of sp³-hybridized carbons (Fsp3) is 0.343. The van der Waals surface area contributed by atoms with Crippen molar-refractivity contribution in [2.24, 2.45) is 0 Å². The number of pyridine rings is 1. The molecular formula is C35H35FN6O2. The number of phenolic OH excluding ortho intramolecular Hbond substituents is 1. The standard InChI is InChI=1S/C35H35FN6O2/c36-31-32(29-16-27(43)15-23-9-4-5-11-28(23)29)37-17-30-33(31)39-35(40-34(30)42-19-24-12-13-25(20-42)38-24)44-21-26-10-6-14-41(26)18-22-7-2-1-3-8-22/h1-5,7-9,11,15-17,24-26,38,43H,6,10,12-14,18-21H2/t24-,25+,26-/m0/s1. The van der Waals surface area contributed by atoms with Gasteiger partial charge in [-0.05, 0) is 60.7 Å². The fourth-order valence-electron chi connectivity index (χ4n) is 7.26. The van der Waals surface area contributed by atoms with Crippen LogP contribution in [0.15, 0.2) is 72.9 Å². The van der Waals surface area contributed by atoms with Crippen LogP contribution in [0.1, 0.15) is 31.2 Å². The molecule has 3 fully saturated rings. The lowest BCUT2D eigenvalue weighted by Crippen LogP contribution is -2.51. The number of nitrogens with zero attached hydrogens (tertiary/aromatic N) is 5. The molecule has 9 heteroatoms. The summed E-state index contributed by atoms with van der Waals surface area (Å²) in [4.78, 5) is 18.9. The van der Waals surface area contributed by atoms with E-state index in [1.54, 1.807) is 18.3 Å². The number of nitrogens with one attached hydrogen (secondary N) is 1. The number of hydrogen-bond acceptors (Lipinski definition) is 8. The third-order valence-corrected chi connectivity index (χ3v) is 9.39. The summed E-state index contributed by atoms with van der Waals surface area (Å²) in [5.41, 5.74) is 2.12. The minimum atomic E-state index is -0.545. The van der Waals surface area contributed by atoms with Crippen LogP contribution < -0.4 is 15.0 Å². The number of piperazine rings is 1. The Hall–Kier alpha value is -4.34. The summed E-state index contributed by atoms with van der Waals surface area (Å²) < 4.78 is 22.9. The Morgan fingerprint density at radius 1 is 0.932 bits per heavy atom. The normalized spacial score (nSPS) is 21.8. The lowest BCUT2D eigenvalue weighted by Gasteiger charge is -2.34. The van der Waals surface area contributed by atoms with Crippen LogP contribution >= 0.6 is 0 Å². The van der Waals surface area contributed by atoms with Crippen molar-refractivity contribution >= 4 is 27.5 Å². The number of halogens is 1. The first-order chi connectivity index (χ1) is 21.6. The van der Waals surface area contributed by atoms with Crippen molar-refractivity contribution in [1.82, 2.24) is 25.2 Å². The Morgan fingerprint density at radius 3 is 2.57 bits per heavy atom. The SMILES string of the molecule is Oc1cc(-c2ncc3c(N4C[C@H]5CC[C@@H](C4)N5)nc(OC[C@@H]4CCCN4Cc4ccccc4)nc3c2F)c2ccccc2c1. The van der Waals surface area contributed by atoms with Gasteiger partial charge in [0.05, 0.1) is 5.39 Å². The Balaban J connectivity index is 1.17. The number of aromatic hydroxyl groups is 1. The first-order valence-electron chi connectivity index (χ1n) is 15.6. The van der Waals surface area contributed by atoms with Crippen LogP contribution in [-0.4, -0.2) is 69.3 Å². The molecule has 2 bridgehead atoms. The summed E-state index contributed by atoms with van der Waals surface area (Å²) in [6.07, 6.45) is 6.05. The lowest BCUT2D eigenvalue weighted by atomic mass is 10.0. The molecule has 44 heavy (non-hydrogen) atoms. The van der Waals surface area contributed by atoms with Crippen molar-refractivity contribution in [2.75, 3.05) is 31.1 Å². The Labute approximate surface area is 255 Å². The van der Waals surface area contributed by atoms with E-state index < -0.39 is 5.82 Å². The second-order valence-corrected chi connectivity index (χ2v) is 12.3. The van der Waals surface area contributed by atoms with E-state index in [-0.39, 0.29) is 29.0 Å². The molecule has 0 radical (unpaired) electrons. The Morgan fingerprint density at radius 2 is 1.73 bits per heavy atom. The van der Waals surface area contributed by atoms with E-state index in [1.165, 1.54) is 5.56 Å². The van der Waals surface area contributed by atoms with Crippen molar-refractivity contribution in [3.05, 3.63) is 84.3 Å². The molecule has 8 rings (SSSR count). The van der Waals surface area contributed by atoms with Gasteiger partial charge >= 0.3 is 6.01 Å². The molecule has 0 unspecified atom stereocenters. The molecule has 3 aromatic carbocycles. The number of hydrogen-bond donors (Lipinski definition) is 2. The number of fused-ring (bicyclic) bond motifs is 4. The molecule has 3 atom stereocenters. The first kappa shape index (κ1) is 27.2. The third kappa shape index (κ3) is 5.10. The molecule has 5 aromatic rings. The Bertz CT molecular complexity index is 1820. The van der Waals surface area contributed by atoms with Crippen molar-refractivity contribution in [1.29, 1.82) is 0 Å². The third-order valence-electron chi connectivity index (χ3n) is 9.39. The van der Waals surface area contributed by atoms with E-state index in [4.69, 9.17) is 9.72 Å². The van der Waals surface area contributed by atoms with E-state index in [9.17, 15) is 5.11 Å². The summed E-state index contributed by atoms with van der Waals surface area (Å²) in [6.45, 7) is 3.88. The second-order valence-electron chi connectivity index (χ2n) is 12.3. The minimum Gasteiger partial charge on any atom is -0.508 e. The van der Waals surface area contributed by atoms with Gasteiger partial charge in [-0.2, -0.15) is 9.97 Å². The summed E-state index contributed by atoms with van der Waals surface area (Å²) in [5, 5.41) is 16.3. The maximum Gasteiger partial charge on any atom is 0.319 e. The summed E-state index contributed by atoms with van der Waals surface area (Å²) in [5.74, 6) is 0.173. The van der Waals surface area contributed by atoms with Gasteiger partial charge < -0.3 is 20.1 Å². The summed E-state index contributed by atoms with van der Waals surface area (Å²) in [7, 11) is 0. The van der Waals surface area contributed by atoms with Crippen molar-refractivity contribution in [3.8, 4) is 23.0 Å². The zero-order valence-electron chi connectivity index (χ0n) is 24.5. The monoisotopic (exact) mass is 590 g/mol. The lowest BCUT2D eigenvalue weighted by molar-refractivity contribution is 0.160.